The van der Waals surface area contributed by atoms with Crippen molar-refractivity contribution in [2.45, 2.75) is 32.4 Å². The second kappa shape index (κ2) is 10.1. The Kier molecular flexibility index (Phi) is 7.86. The minimum Gasteiger partial charge on any atom is -0.491 e. The molecule has 0 atom stereocenters. The van der Waals surface area contributed by atoms with Gasteiger partial charge < -0.3 is 10.1 Å². The summed E-state index contributed by atoms with van der Waals surface area (Å²) in [6.45, 7) is 7.40. The second-order valence-corrected chi connectivity index (χ2v) is 7.30. The third-order valence-corrected chi connectivity index (χ3v) is 4.96. The Labute approximate surface area is 155 Å². The van der Waals surface area contributed by atoms with Crippen LogP contribution in [0.1, 0.15) is 36.5 Å². The maximum Gasteiger partial charge on any atom is 0.230 e. The number of aryl methyl sites for hydroxylation is 1. The van der Waals surface area contributed by atoms with E-state index in [4.69, 9.17) is 4.74 Å². The summed E-state index contributed by atoms with van der Waals surface area (Å²) in [5.74, 6) is 2.71. The van der Waals surface area contributed by atoms with Crippen molar-refractivity contribution >= 4 is 17.7 Å². The monoisotopic (exact) mass is 357 g/mol. The minimum atomic E-state index is 0.0549. The van der Waals surface area contributed by atoms with Crippen molar-refractivity contribution in [1.82, 2.24) is 5.32 Å². The van der Waals surface area contributed by atoms with Crippen LogP contribution in [-0.4, -0.2) is 24.8 Å². The van der Waals surface area contributed by atoms with E-state index in [2.05, 4.69) is 44.3 Å². The Morgan fingerprint density at radius 2 is 1.84 bits per heavy atom. The van der Waals surface area contributed by atoms with E-state index >= 15 is 0 Å². The van der Waals surface area contributed by atoms with Crippen LogP contribution >= 0.6 is 11.8 Å². The maximum absolute atomic E-state index is 11.9. The van der Waals surface area contributed by atoms with Gasteiger partial charge in [0.05, 0.1) is 12.3 Å². The number of benzene rings is 2. The van der Waals surface area contributed by atoms with Crippen LogP contribution in [0.5, 0.6) is 5.75 Å². The van der Waals surface area contributed by atoms with Crippen LogP contribution in [0.3, 0.4) is 0 Å². The predicted molar refractivity (Wildman–Crippen MR) is 106 cm³/mol. The number of para-hydroxylation sites is 1. The van der Waals surface area contributed by atoms with Crippen molar-refractivity contribution in [3.8, 4) is 5.75 Å². The minimum absolute atomic E-state index is 0.0549. The normalized spacial score (nSPS) is 10.7. The van der Waals surface area contributed by atoms with Crippen LogP contribution in [0.15, 0.2) is 48.5 Å². The molecular weight excluding hydrogens is 330 g/mol. The molecule has 4 heteroatoms. The molecule has 0 bridgehead atoms. The number of rotatable bonds is 9. The van der Waals surface area contributed by atoms with E-state index in [1.807, 2.05) is 30.3 Å². The number of ether oxygens (including phenoxy) is 1. The van der Waals surface area contributed by atoms with Crippen LogP contribution in [-0.2, 0) is 10.5 Å². The van der Waals surface area contributed by atoms with Crippen molar-refractivity contribution in [3.05, 3.63) is 65.2 Å². The molecule has 0 aliphatic rings. The van der Waals surface area contributed by atoms with E-state index < -0.39 is 0 Å². The molecule has 0 radical (unpaired) electrons. The quantitative estimate of drug-likeness (QED) is 0.669. The summed E-state index contributed by atoms with van der Waals surface area (Å²) >= 11 is 1.64. The van der Waals surface area contributed by atoms with Gasteiger partial charge in [-0.25, -0.2) is 0 Å². The number of hydrogen-bond donors (Lipinski definition) is 1. The fourth-order valence-corrected chi connectivity index (χ4v) is 3.45. The molecule has 1 amide bonds. The number of carbonyl (C=O) groups excluding carboxylic acids is 1. The van der Waals surface area contributed by atoms with Gasteiger partial charge >= 0.3 is 0 Å². The number of hydrogen-bond acceptors (Lipinski definition) is 3. The van der Waals surface area contributed by atoms with Gasteiger partial charge in [-0.2, -0.15) is 0 Å². The van der Waals surface area contributed by atoms with Crippen molar-refractivity contribution in [2.24, 2.45) is 0 Å². The van der Waals surface area contributed by atoms with Gasteiger partial charge in [0.1, 0.15) is 12.4 Å². The molecule has 0 aliphatic carbocycles. The lowest BCUT2D eigenvalue weighted by Crippen LogP contribution is -2.29. The Balaban J connectivity index is 1.65. The van der Waals surface area contributed by atoms with Gasteiger partial charge in [-0.3, -0.25) is 4.79 Å². The predicted octanol–water partition coefficient (Wildman–Crippen LogP) is 4.55. The standard InChI is InChI=1S/C21H27NO2S/c1-16(2)19-10-6-7-11-20(19)24-13-12-22-21(23)15-25-14-18-9-5-4-8-17(18)3/h4-11,16H,12-15H2,1-3H3,(H,22,23). The van der Waals surface area contributed by atoms with Crippen molar-refractivity contribution in [1.29, 1.82) is 0 Å². The molecule has 0 saturated heterocycles. The Morgan fingerprint density at radius 1 is 1.12 bits per heavy atom. The maximum atomic E-state index is 11.9. The van der Waals surface area contributed by atoms with Crippen molar-refractivity contribution < 1.29 is 9.53 Å². The van der Waals surface area contributed by atoms with E-state index in [-0.39, 0.29) is 5.91 Å². The highest BCUT2D eigenvalue weighted by Gasteiger charge is 2.07. The molecule has 134 valence electrons. The third-order valence-electron chi connectivity index (χ3n) is 3.97. The van der Waals surface area contributed by atoms with Crippen LogP contribution in [0.2, 0.25) is 0 Å². The summed E-state index contributed by atoms with van der Waals surface area (Å²) < 4.78 is 5.82. The van der Waals surface area contributed by atoms with E-state index in [1.54, 1.807) is 11.8 Å². The first-order valence-electron chi connectivity index (χ1n) is 8.68. The summed E-state index contributed by atoms with van der Waals surface area (Å²) in [4.78, 5) is 11.9. The number of thioether (sulfide) groups is 1. The second-order valence-electron chi connectivity index (χ2n) is 6.31. The summed E-state index contributed by atoms with van der Waals surface area (Å²) in [5, 5.41) is 2.92. The summed E-state index contributed by atoms with van der Waals surface area (Å²) in [5.41, 5.74) is 3.75. The van der Waals surface area contributed by atoms with E-state index in [9.17, 15) is 4.79 Å². The number of amides is 1. The molecule has 0 unspecified atom stereocenters. The Morgan fingerprint density at radius 3 is 2.60 bits per heavy atom. The van der Waals surface area contributed by atoms with Gasteiger partial charge in [0.25, 0.3) is 0 Å². The topological polar surface area (TPSA) is 38.3 Å². The highest BCUT2D eigenvalue weighted by atomic mass is 32.2. The molecule has 0 aliphatic heterocycles. The molecule has 0 aromatic heterocycles. The average molecular weight is 358 g/mol. The lowest BCUT2D eigenvalue weighted by atomic mass is 10.0. The molecule has 2 aromatic rings. The van der Waals surface area contributed by atoms with Crippen molar-refractivity contribution in [2.75, 3.05) is 18.9 Å². The van der Waals surface area contributed by atoms with Crippen LogP contribution < -0.4 is 10.1 Å². The lowest BCUT2D eigenvalue weighted by Gasteiger charge is -2.14. The molecule has 2 rings (SSSR count). The molecule has 0 spiro atoms. The zero-order valence-electron chi connectivity index (χ0n) is 15.2. The lowest BCUT2D eigenvalue weighted by molar-refractivity contribution is -0.118. The van der Waals surface area contributed by atoms with E-state index in [0.29, 0.717) is 24.8 Å². The highest BCUT2D eigenvalue weighted by Crippen LogP contribution is 2.25. The Hall–Kier alpha value is -1.94. The average Bonchev–Trinajstić information content (AvgIpc) is 2.60. The zero-order valence-corrected chi connectivity index (χ0v) is 16.1. The molecule has 1 N–H and O–H groups in total. The largest absolute Gasteiger partial charge is 0.491 e. The first kappa shape index (κ1) is 19.4. The smallest absolute Gasteiger partial charge is 0.230 e. The first-order chi connectivity index (χ1) is 12.1. The van der Waals surface area contributed by atoms with Gasteiger partial charge in [-0.15, -0.1) is 11.8 Å². The van der Waals surface area contributed by atoms with E-state index in [1.165, 1.54) is 16.7 Å². The highest BCUT2D eigenvalue weighted by molar-refractivity contribution is 7.99. The molecule has 3 nitrogen and oxygen atoms in total. The van der Waals surface area contributed by atoms with Gasteiger partial charge in [0.2, 0.25) is 5.91 Å². The van der Waals surface area contributed by atoms with Crippen molar-refractivity contribution in [3.63, 3.8) is 0 Å². The fourth-order valence-electron chi connectivity index (χ4n) is 2.52. The van der Waals surface area contributed by atoms with Gasteiger partial charge in [0.15, 0.2) is 0 Å². The van der Waals surface area contributed by atoms with Gasteiger partial charge in [0, 0.05) is 5.75 Å². The molecule has 0 heterocycles. The summed E-state index contributed by atoms with van der Waals surface area (Å²) in [6, 6.07) is 16.3. The molecule has 25 heavy (non-hydrogen) atoms. The van der Waals surface area contributed by atoms with Crippen LogP contribution in [0.4, 0.5) is 0 Å². The molecule has 2 aromatic carbocycles. The molecule has 0 saturated carbocycles. The van der Waals surface area contributed by atoms with Gasteiger partial charge in [-0.05, 0) is 35.6 Å². The van der Waals surface area contributed by atoms with Gasteiger partial charge in [-0.1, -0.05) is 56.3 Å². The van der Waals surface area contributed by atoms with Crippen LogP contribution in [0, 0.1) is 6.92 Å². The van der Waals surface area contributed by atoms with E-state index in [0.717, 1.165) is 11.5 Å². The fraction of sp³-hybridized carbons (Fsp3) is 0.381. The summed E-state index contributed by atoms with van der Waals surface area (Å²) in [6.07, 6.45) is 0. The third kappa shape index (κ3) is 6.46. The Bertz CT molecular complexity index is 685. The SMILES string of the molecule is Cc1ccccc1CSCC(=O)NCCOc1ccccc1C(C)C. The number of nitrogens with one attached hydrogen (secondary N) is 1. The molecular formula is C21H27NO2S. The first-order valence-corrected chi connectivity index (χ1v) is 9.84. The summed E-state index contributed by atoms with van der Waals surface area (Å²) in [7, 11) is 0. The molecule has 0 fully saturated rings. The van der Waals surface area contributed by atoms with Crippen LogP contribution in [0.25, 0.3) is 0 Å². The number of carbonyl (C=O) groups is 1. The zero-order chi connectivity index (χ0) is 18.1.